The fourth-order valence-electron chi connectivity index (χ4n) is 2.46. The number of carbonyl (C=O) groups is 1. The summed E-state index contributed by atoms with van der Waals surface area (Å²) in [5.74, 6) is -1.55. The maximum Gasteiger partial charge on any atom is 0.163 e. The molecular formula is C18H26F2O. The van der Waals surface area contributed by atoms with Crippen molar-refractivity contribution in [3.63, 3.8) is 0 Å². The number of carbonyl (C=O) groups excluding carboxylic acids is 1. The van der Waals surface area contributed by atoms with Gasteiger partial charge in [-0.1, -0.05) is 58.3 Å². The summed E-state index contributed by atoms with van der Waals surface area (Å²) in [5, 5.41) is 0. The number of rotatable bonds is 11. The molecule has 0 radical (unpaired) electrons. The molecule has 0 spiro atoms. The van der Waals surface area contributed by atoms with Crippen molar-refractivity contribution < 1.29 is 13.6 Å². The van der Waals surface area contributed by atoms with Crippen molar-refractivity contribution in [1.29, 1.82) is 0 Å². The number of hydrogen-bond acceptors (Lipinski definition) is 1. The van der Waals surface area contributed by atoms with Crippen molar-refractivity contribution in [3.05, 3.63) is 35.4 Å². The average molecular weight is 296 g/mol. The van der Waals surface area contributed by atoms with Crippen LogP contribution in [0.15, 0.2) is 18.2 Å². The molecule has 3 heteroatoms. The summed E-state index contributed by atoms with van der Waals surface area (Å²) < 4.78 is 26.0. The van der Waals surface area contributed by atoms with E-state index in [0.29, 0.717) is 6.42 Å². The minimum atomic E-state index is -0.689. The van der Waals surface area contributed by atoms with Crippen molar-refractivity contribution >= 4 is 5.78 Å². The average Bonchev–Trinajstić information content (AvgIpc) is 2.44. The Bertz CT molecular complexity index is 409. The Labute approximate surface area is 126 Å². The summed E-state index contributed by atoms with van der Waals surface area (Å²) in [6, 6.07) is 3.01. The fraction of sp³-hybridized carbons (Fsp3) is 0.611. The molecule has 1 aromatic rings. The molecule has 0 bridgehead atoms. The first-order valence-electron chi connectivity index (χ1n) is 8.12. The highest BCUT2D eigenvalue weighted by Gasteiger charge is 2.08. The maximum absolute atomic E-state index is 13.0. The van der Waals surface area contributed by atoms with Crippen molar-refractivity contribution in [2.24, 2.45) is 0 Å². The van der Waals surface area contributed by atoms with Crippen LogP contribution in [0.4, 0.5) is 8.78 Å². The molecule has 0 aliphatic rings. The van der Waals surface area contributed by atoms with Crippen LogP contribution >= 0.6 is 0 Å². The summed E-state index contributed by atoms with van der Waals surface area (Å²) in [7, 11) is 0. The van der Waals surface area contributed by atoms with Crippen LogP contribution in [0.3, 0.4) is 0 Å². The number of unbranched alkanes of at least 4 members (excludes halogenated alkanes) is 8. The first-order chi connectivity index (χ1) is 10.1. The third-order valence-electron chi connectivity index (χ3n) is 3.69. The third-order valence-corrected chi connectivity index (χ3v) is 3.69. The zero-order chi connectivity index (χ0) is 15.5. The zero-order valence-electron chi connectivity index (χ0n) is 13.0. The molecule has 0 saturated heterocycles. The van der Waals surface area contributed by atoms with Crippen LogP contribution in [0.25, 0.3) is 0 Å². The monoisotopic (exact) mass is 296 g/mol. The summed E-state index contributed by atoms with van der Waals surface area (Å²) in [6.45, 7) is 2.21. The van der Waals surface area contributed by atoms with Gasteiger partial charge in [-0.05, 0) is 18.6 Å². The number of benzene rings is 1. The molecule has 1 nitrogen and oxygen atoms in total. The van der Waals surface area contributed by atoms with Gasteiger partial charge in [0.15, 0.2) is 5.78 Å². The van der Waals surface area contributed by atoms with Gasteiger partial charge >= 0.3 is 0 Å². The molecule has 1 rings (SSSR count). The SMILES string of the molecule is CCCCCCCCCCCC(=O)c1cc(F)cc(F)c1. The normalized spacial score (nSPS) is 10.8. The van der Waals surface area contributed by atoms with Crippen molar-refractivity contribution in [1.82, 2.24) is 0 Å². The number of hydrogen-bond donors (Lipinski definition) is 0. The lowest BCUT2D eigenvalue weighted by Gasteiger charge is -2.03. The molecule has 0 aromatic heterocycles. The molecule has 0 fully saturated rings. The zero-order valence-corrected chi connectivity index (χ0v) is 13.0. The van der Waals surface area contributed by atoms with Gasteiger partial charge in [0.05, 0.1) is 0 Å². The Balaban J connectivity index is 2.11. The van der Waals surface area contributed by atoms with Gasteiger partial charge in [-0.2, -0.15) is 0 Å². The van der Waals surface area contributed by atoms with E-state index in [2.05, 4.69) is 6.92 Å². The van der Waals surface area contributed by atoms with E-state index < -0.39 is 11.6 Å². The van der Waals surface area contributed by atoms with Gasteiger partial charge in [0.25, 0.3) is 0 Å². The lowest BCUT2D eigenvalue weighted by molar-refractivity contribution is 0.0978. The van der Waals surface area contributed by atoms with Crippen LogP contribution in [0, 0.1) is 11.6 Å². The van der Waals surface area contributed by atoms with Crippen molar-refractivity contribution in [2.75, 3.05) is 0 Å². The van der Waals surface area contributed by atoms with Gasteiger partial charge in [0.2, 0.25) is 0 Å². The summed E-state index contributed by atoms with van der Waals surface area (Å²) in [6.07, 6.45) is 11.0. The Morgan fingerprint density at radius 1 is 0.810 bits per heavy atom. The standard InChI is InChI=1S/C18H26F2O/c1-2-3-4-5-6-7-8-9-10-11-18(21)15-12-16(19)14-17(20)13-15/h12-14H,2-11H2,1H3. The van der Waals surface area contributed by atoms with Crippen LogP contribution < -0.4 is 0 Å². The predicted molar refractivity (Wildman–Crippen MR) is 82.5 cm³/mol. The van der Waals surface area contributed by atoms with Crippen molar-refractivity contribution in [2.45, 2.75) is 71.1 Å². The van der Waals surface area contributed by atoms with Gasteiger partial charge in [-0.3, -0.25) is 4.79 Å². The molecule has 0 unspecified atom stereocenters. The molecule has 118 valence electrons. The lowest BCUT2D eigenvalue weighted by atomic mass is 10.0. The molecular weight excluding hydrogens is 270 g/mol. The van der Waals surface area contributed by atoms with Crippen molar-refractivity contribution in [3.8, 4) is 0 Å². The Hall–Kier alpha value is -1.25. The van der Waals surface area contributed by atoms with E-state index in [9.17, 15) is 13.6 Å². The molecule has 1 aromatic carbocycles. The molecule has 0 aliphatic heterocycles. The second kappa shape index (κ2) is 10.5. The minimum absolute atomic E-state index is 0.145. The van der Waals surface area contributed by atoms with E-state index >= 15 is 0 Å². The minimum Gasteiger partial charge on any atom is -0.294 e. The van der Waals surface area contributed by atoms with Crippen LogP contribution in [0.2, 0.25) is 0 Å². The van der Waals surface area contributed by atoms with Gasteiger partial charge in [-0.15, -0.1) is 0 Å². The van der Waals surface area contributed by atoms with Crippen LogP contribution in [0.5, 0.6) is 0 Å². The second-order valence-corrected chi connectivity index (χ2v) is 5.66. The topological polar surface area (TPSA) is 17.1 Å². The molecule has 0 aliphatic carbocycles. The predicted octanol–water partition coefficient (Wildman–Crippen LogP) is 6.07. The quantitative estimate of drug-likeness (QED) is 0.358. The molecule has 0 atom stereocenters. The largest absolute Gasteiger partial charge is 0.294 e. The number of Topliss-reactive ketones (excluding diaryl/α,β-unsaturated/α-hetero) is 1. The van der Waals surface area contributed by atoms with E-state index in [1.165, 1.54) is 38.5 Å². The maximum atomic E-state index is 13.0. The summed E-state index contributed by atoms with van der Waals surface area (Å²) >= 11 is 0. The Morgan fingerprint density at radius 2 is 1.29 bits per heavy atom. The molecule has 0 saturated carbocycles. The highest BCUT2D eigenvalue weighted by atomic mass is 19.1. The van der Waals surface area contributed by atoms with Gasteiger partial charge in [0, 0.05) is 18.1 Å². The molecule has 0 N–H and O–H groups in total. The Morgan fingerprint density at radius 3 is 1.81 bits per heavy atom. The van der Waals surface area contributed by atoms with E-state index in [-0.39, 0.29) is 11.3 Å². The Kier molecular flexibility index (Phi) is 8.88. The summed E-state index contributed by atoms with van der Waals surface area (Å²) in [4.78, 5) is 11.8. The first kappa shape index (κ1) is 17.8. The number of halogens is 2. The van der Waals surface area contributed by atoms with E-state index in [1.807, 2.05) is 0 Å². The van der Waals surface area contributed by atoms with E-state index in [4.69, 9.17) is 0 Å². The molecule has 21 heavy (non-hydrogen) atoms. The van der Waals surface area contributed by atoms with E-state index in [1.54, 1.807) is 0 Å². The van der Waals surface area contributed by atoms with E-state index in [0.717, 1.165) is 37.5 Å². The first-order valence-corrected chi connectivity index (χ1v) is 8.12. The third kappa shape index (κ3) is 7.93. The molecule has 0 amide bonds. The highest BCUT2D eigenvalue weighted by Crippen LogP contribution is 2.14. The smallest absolute Gasteiger partial charge is 0.163 e. The highest BCUT2D eigenvalue weighted by molar-refractivity contribution is 5.96. The summed E-state index contributed by atoms with van der Waals surface area (Å²) in [5.41, 5.74) is 0.145. The molecule has 0 heterocycles. The van der Waals surface area contributed by atoms with Gasteiger partial charge in [-0.25, -0.2) is 8.78 Å². The fourth-order valence-corrected chi connectivity index (χ4v) is 2.46. The van der Waals surface area contributed by atoms with Gasteiger partial charge in [0.1, 0.15) is 11.6 Å². The lowest BCUT2D eigenvalue weighted by Crippen LogP contribution is -2.00. The van der Waals surface area contributed by atoms with Gasteiger partial charge < -0.3 is 0 Å². The number of ketones is 1. The second-order valence-electron chi connectivity index (χ2n) is 5.66. The van der Waals surface area contributed by atoms with Crippen LogP contribution in [-0.2, 0) is 0 Å². The van der Waals surface area contributed by atoms with Crippen LogP contribution in [-0.4, -0.2) is 5.78 Å². The van der Waals surface area contributed by atoms with Crippen LogP contribution in [0.1, 0.15) is 81.5 Å².